The molecule has 1 atom stereocenters. The van der Waals surface area contributed by atoms with Crippen LogP contribution in [-0.4, -0.2) is 36.4 Å². The van der Waals surface area contributed by atoms with Crippen LogP contribution in [-0.2, 0) is 19.1 Å². The third kappa shape index (κ3) is 56.2. The van der Waals surface area contributed by atoms with Crippen molar-refractivity contribution < 1.29 is 24.2 Å². The van der Waals surface area contributed by atoms with Gasteiger partial charge in [0.05, 0.1) is 6.61 Å². The van der Waals surface area contributed by atoms with E-state index in [-0.39, 0.29) is 25.2 Å². The van der Waals surface area contributed by atoms with Crippen LogP contribution in [0.25, 0.3) is 0 Å². The molecule has 0 aliphatic carbocycles. The highest BCUT2D eigenvalue weighted by Gasteiger charge is 2.16. The zero-order valence-corrected chi connectivity index (χ0v) is 45.4. The molecule has 1 N–H and O–H groups in total. The molecule has 68 heavy (non-hydrogen) atoms. The highest BCUT2D eigenvalue weighted by atomic mass is 16.6. The van der Waals surface area contributed by atoms with Crippen LogP contribution < -0.4 is 0 Å². The molecule has 0 bridgehead atoms. The maximum atomic E-state index is 12.3. The van der Waals surface area contributed by atoms with Gasteiger partial charge < -0.3 is 14.6 Å². The van der Waals surface area contributed by atoms with Crippen LogP contribution in [0.3, 0.4) is 0 Å². The predicted octanol–water partition coefficient (Wildman–Crippen LogP) is 20.2. The zero-order valence-electron chi connectivity index (χ0n) is 45.4. The number of esters is 2. The van der Waals surface area contributed by atoms with Crippen molar-refractivity contribution >= 4 is 11.9 Å². The van der Waals surface area contributed by atoms with Crippen molar-refractivity contribution in [3.05, 3.63) is 60.8 Å². The van der Waals surface area contributed by atoms with Gasteiger partial charge in [0, 0.05) is 12.8 Å². The van der Waals surface area contributed by atoms with E-state index < -0.39 is 6.10 Å². The Morgan fingerprint density at radius 3 is 0.882 bits per heavy atom. The van der Waals surface area contributed by atoms with Gasteiger partial charge in [-0.15, -0.1) is 0 Å². The average Bonchev–Trinajstić information content (AvgIpc) is 3.34. The lowest BCUT2D eigenvalue weighted by Gasteiger charge is -2.15. The number of carbonyl (C=O) groups is 2. The molecule has 0 aliphatic rings. The van der Waals surface area contributed by atoms with Gasteiger partial charge in [0.15, 0.2) is 6.10 Å². The minimum Gasteiger partial charge on any atom is -0.462 e. The molecule has 0 heterocycles. The van der Waals surface area contributed by atoms with E-state index in [1.54, 1.807) is 0 Å². The largest absolute Gasteiger partial charge is 0.462 e. The predicted molar refractivity (Wildman–Crippen MR) is 297 cm³/mol. The molecule has 5 nitrogen and oxygen atoms in total. The number of unbranched alkanes of at least 4 members (excludes halogenated alkanes) is 37. The summed E-state index contributed by atoms with van der Waals surface area (Å²) in [4.78, 5) is 24.5. The third-order valence-corrected chi connectivity index (χ3v) is 13.3. The standard InChI is InChI=1S/C63H114O5/c1-3-5-7-9-11-13-15-17-19-21-23-25-27-28-29-30-31-32-33-34-36-37-39-41-43-45-47-49-51-53-55-57-62(65)67-60-61(59-64)68-63(66)58-56-54-52-50-48-46-44-42-40-38-35-26-24-22-20-18-16-14-12-10-8-6-4-2/h15-18,21-24,35,38,61,64H,3-14,19-20,25-34,36-37,39-60H2,1-2H3/b17-15-,18-16-,23-21-,24-22-,38-35-. The molecule has 0 aromatic rings. The quantitative estimate of drug-likeness (QED) is 0.0374. The molecule has 0 aliphatic heterocycles. The Labute approximate surface area is 423 Å². The number of carbonyl (C=O) groups excluding carboxylic acids is 2. The van der Waals surface area contributed by atoms with Crippen LogP contribution in [0.4, 0.5) is 0 Å². The van der Waals surface area contributed by atoms with Crippen molar-refractivity contribution in [1.29, 1.82) is 0 Å². The highest BCUT2D eigenvalue weighted by molar-refractivity contribution is 5.70. The van der Waals surface area contributed by atoms with Gasteiger partial charge in [0.1, 0.15) is 6.61 Å². The van der Waals surface area contributed by atoms with Crippen LogP contribution in [0.2, 0.25) is 0 Å². The third-order valence-electron chi connectivity index (χ3n) is 13.3. The Balaban J connectivity index is 3.46. The van der Waals surface area contributed by atoms with E-state index >= 15 is 0 Å². The van der Waals surface area contributed by atoms with E-state index in [4.69, 9.17) is 9.47 Å². The first-order valence-electron chi connectivity index (χ1n) is 29.8. The lowest BCUT2D eigenvalue weighted by Crippen LogP contribution is -2.28. The lowest BCUT2D eigenvalue weighted by atomic mass is 10.0. The Morgan fingerprint density at radius 1 is 0.338 bits per heavy atom. The van der Waals surface area contributed by atoms with Crippen LogP contribution in [0.15, 0.2) is 60.8 Å². The van der Waals surface area contributed by atoms with Crippen molar-refractivity contribution in [3.8, 4) is 0 Å². The summed E-state index contributed by atoms with van der Waals surface area (Å²) in [7, 11) is 0. The van der Waals surface area contributed by atoms with Gasteiger partial charge >= 0.3 is 11.9 Å². The lowest BCUT2D eigenvalue weighted by molar-refractivity contribution is -0.161. The number of ether oxygens (including phenoxy) is 2. The summed E-state index contributed by atoms with van der Waals surface area (Å²) in [5.74, 6) is -0.587. The molecule has 0 amide bonds. The highest BCUT2D eigenvalue weighted by Crippen LogP contribution is 2.17. The fourth-order valence-electron chi connectivity index (χ4n) is 8.77. The first-order valence-corrected chi connectivity index (χ1v) is 29.8. The molecular weight excluding hydrogens is 837 g/mol. The van der Waals surface area contributed by atoms with Gasteiger partial charge in [0.25, 0.3) is 0 Å². The number of aliphatic hydroxyl groups excluding tert-OH is 1. The fraction of sp³-hybridized carbons (Fsp3) is 0.810. The summed E-state index contributed by atoms with van der Waals surface area (Å²) >= 11 is 0. The molecule has 0 radical (unpaired) electrons. The monoisotopic (exact) mass is 951 g/mol. The Morgan fingerprint density at radius 2 is 0.588 bits per heavy atom. The molecule has 5 heteroatoms. The number of hydrogen-bond donors (Lipinski definition) is 1. The summed E-state index contributed by atoms with van der Waals surface area (Å²) in [6, 6.07) is 0. The maximum Gasteiger partial charge on any atom is 0.306 e. The van der Waals surface area contributed by atoms with Crippen LogP contribution >= 0.6 is 0 Å². The van der Waals surface area contributed by atoms with E-state index in [0.717, 1.165) is 57.8 Å². The topological polar surface area (TPSA) is 72.8 Å². The molecule has 0 aromatic carbocycles. The smallest absolute Gasteiger partial charge is 0.306 e. The second-order valence-electron chi connectivity index (χ2n) is 20.1. The molecule has 0 aromatic heterocycles. The Hall–Kier alpha value is -2.40. The van der Waals surface area contributed by atoms with E-state index in [1.165, 1.54) is 225 Å². The van der Waals surface area contributed by atoms with E-state index in [2.05, 4.69) is 74.6 Å². The van der Waals surface area contributed by atoms with Gasteiger partial charge in [-0.3, -0.25) is 9.59 Å². The van der Waals surface area contributed by atoms with Gasteiger partial charge in [-0.05, 0) is 83.5 Å². The molecular formula is C63H114O5. The summed E-state index contributed by atoms with van der Waals surface area (Å²) < 4.78 is 10.7. The second kappa shape index (κ2) is 58.9. The van der Waals surface area contributed by atoms with Gasteiger partial charge in [-0.2, -0.15) is 0 Å². The molecule has 1 unspecified atom stereocenters. The van der Waals surface area contributed by atoms with Crippen molar-refractivity contribution in [3.63, 3.8) is 0 Å². The number of aliphatic hydroxyl groups is 1. The minimum absolute atomic E-state index is 0.0675. The van der Waals surface area contributed by atoms with Crippen molar-refractivity contribution in [1.82, 2.24) is 0 Å². The average molecular weight is 952 g/mol. The van der Waals surface area contributed by atoms with Gasteiger partial charge in [-0.25, -0.2) is 0 Å². The summed E-state index contributed by atoms with van der Waals surface area (Å²) in [6.45, 7) is 4.15. The second-order valence-corrected chi connectivity index (χ2v) is 20.1. The van der Waals surface area contributed by atoms with Crippen LogP contribution in [0, 0.1) is 0 Å². The van der Waals surface area contributed by atoms with E-state index in [1.807, 2.05) is 0 Å². The van der Waals surface area contributed by atoms with Crippen LogP contribution in [0.1, 0.15) is 309 Å². The fourth-order valence-corrected chi connectivity index (χ4v) is 8.77. The number of rotatable bonds is 55. The van der Waals surface area contributed by atoms with Crippen molar-refractivity contribution in [2.45, 2.75) is 315 Å². The molecule has 0 saturated carbocycles. The maximum absolute atomic E-state index is 12.3. The Kier molecular flexibility index (Phi) is 56.8. The summed E-state index contributed by atoms with van der Waals surface area (Å²) in [6.07, 6.45) is 79.2. The Bertz CT molecular complexity index is 1170. The number of hydrogen-bond acceptors (Lipinski definition) is 5. The SMILES string of the molecule is CCCCCCC/C=C\C/C=C\C/C=C\CCCCCCCCCCC(=O)OC(CO)COC(=O)CCCCCCCCCCCCCCCCCCCCC/C=C\C/C=C\CCCCCCC. The summed E-state index contributed by atoms with van der Waals surface area (Å²) in [5, 5.41) is 9.66. The zero-order chi connectivity index (χ0) is 49.2. The first-order chi connectivity index (χ1) is 33.6. The molecule has 0 fully saturated rings. The van der Waals surface area contributed by atoms with E-state index in [0.29, 0.717) is 12.8 Å². The normalized spacial score (nSPS) is 12.6. The molecule has 0 saturated heterocycles. The summed E-state index contributed by atoms with van der Waals surface area (Å²) in [5.41, 5.74) is 0. The molecule has 396 valence electrons. The van der Waals surface area contributed by atoms with Crippen LogP contribution in [0.5, 0.6) is 0 Å². The van der Waals surface area contributed by atoms with E-state index in [9.17, 15) is 14.7 Å². The first kappa shape index (κ1) is 65.6. The number of allylic oxidation sites excluding steroid dienone is 10. The minimum atomic E-state index is -0.778. The van der Waals surface area contributed by atoms with Crippen molar-refractivity contribution in [2.75, 3.05) is 13.2 Å². The molecule has 0 rings (SSSR count). The van der Waals surface area contributed by atoms with Gasteiger partial charge in [0.2, 0.25) is 0 Å². The van der Waals surface area contributed by atoms with Crippen molar-refractivity contribution in [2.24, 2.45) is 0 Å². The van der Waals surface area contributed by atoms with Gasteiger partial charge in [-0.1, -0.05) is 274 Å². The molecule has 0 spiro atoms.